The van der Waals surface area contributed by atoms with Gasteiger partial charge in [0.25, 0.3) is 0 Å². The Balaban J connectivity index is 1.54. The number of hydrogen-bond donors (Lipinski definition) is 2. The monoisotopic (exact) mass is 380 g/mol. The van der Waals surface area contributed by atoms with E-state index in [0.29, 0.717) is 35.1 Å². The molecule has 2 N–H and O–H groups in total. The summed E-state index contributed by atoms with van der Waals surface area (Å²) in [6.07, 6.45) is 5.48. The van der Waals surface area contributed by atoms with Crippen LogP contribution in [0.4, 0.5) is 10.5 Å². The second-order valence-corrected chi connectivity index (χ2v) is 7.78. The van der Waals surface area contributed by atoms with Gasteiger partial charge < -0.3 is 20.1 Å². The number of esters is 1. The van der Waals surface area contributed by atoms with Crippen LogP contribution in [0.3, 0.4) is 0 Å². The Morgan fingerprint density at radius 1 is 1.23 bits per heavy atom. The van der Waals surface area contributed by atoms with Gasteiger partial charge in [0.1, 0.15) is 0 Å². The number of anilines is 1. The predicted molar refractivity (Wildman–Crippen MR) is 99.9 cm³/mol. The highest BCUT2D eigenvalue weighted by molar-refractivity contribution is 6.33. The first-order chi connectivity index (χ1) is 12.4. The van der Waals surface area contributed by atoms with Gasteiger partial charge in [-0.1, -0.05) is 11.6 Å². The van der Waals surface area contributed by atoms with Gasteiger partial charge in [0.2, 0.25) is 0 Å². The van der Waals surface area contributed by atoms with Crippen LogP contribution in [0, 0.1) is 5.41 Å². The number of nitrogens with one attached hydrogen (secondary N) is 1. The number of carbonyl (C=O) groups excluding carboxylic acids is 1. The van der Waals surface area contributed by atoms with Crippen LogP contribution in [-0.4, -0.2) is 48.3 Å². The maximum absolute atomic E-state index is 11.6. The van der Waals surface area contributed by atoms with E-state index in [1.165, 1.54) is 12.0 Å². The van der Waals surface area contributed by atoms with Gasteiger partial charge in [-0.3, -0.25) is 0 Å². The highest BCUT2D eigenvalue weighted by Gasteiger charge is 2.38. The Hall–Kier alpha value is -1.95. The number of benzene rings is 1. The van der Waals surface area contributed by atoms with E-state index in [1.54, 1.807) is 12.1 Å². The average Bonchev–Trinajstić information content (AvgIpc) is 2.64. The van der Waals surface area contributed by atoms with Crippen molar-refractivity contribution in [1.29, 1.82) is 0 Å². The minimum atomic E-state index is -0.803. The smallest absolute Gasteiger partial charge is 0.407 e. The van der Waals surface area contributed by atoms with E-state index < -0.39 is 12.1 Å². The number of likely N-dealkylation sites (tertiary alicyclic amines) is 1. The van der Waals surface area contributed by atoms with Crippen molar-refractivity contribution < 1.29 is 19.4 Å². The number of halogens is 1. The molecule has 6 nitrogen and oxygen atoms in total. The van der Waals surface area contributed by atoms with Gasteiger partial charge >= 0.3 is 12.1 Å². The minimum absolute atomic E-state index is 0.302. The predicted octanol–water partition coefficient (Wildman–Crippen LogP) is 4.24. The molecular formula is C19H25ClN2O4. The lowest BCUT2D eigenvalue weighted by Gasteiger charge is -2.45. The fourth-order valence-corrected chi connectivity index (χ4v) is 4.42. The number of hydrogen-bond acceptors (Lipinski definition) is 4. The number of nitrogens with zero attached hydrogens (tertiary/aromatic N) is 1. The lowest BCUT2D eigenvalue weighted by Crippen LogP contribution is -2.45. The van der Waals surface area contributed by atoms with E-state index in [4.69, 9.17) is 21.4 Å². The minimum Gasteiger partial charge on any atom is -0.465 e. The molecule has 2 fully saturated rings. The largest absolute Gasteiger partial charge is 0.465 e. The zero-order chi connectivity index (χ0) is 18.7. The third-order valence-corrected chi connectivity index (χ3v) is 6.20. The molecule has 0 bridgehead atoms. The van der Waals surface area contributed by atoms with Crippen molar-refractivity contribution in [3.05, 3.63) is 28.8 Å². The fourth-order valence-electron chi connectivity index (χ4n) is 4.16. The number of methoxy groups -OCH3 is 1. The second-order valence-electron chi connectivity index (χ2n) is 7.37. The van der Waals surface area contributed by atoms with Crippen LogP contribution in [0.5, 0.6) is 0 Å². The van der Waals surface area contributed by atoms with Gasteiger partial charge in [-0.25, -0.2) is 9.59 Å². The lowest BCUT2D eigenvalue weighted by molar-refractivity contribution is 0.0598. The molecule has 7 heteroatoms. The highest BCUT2D eigenvalue weighted by atomic mass is 35.5. The molecule has 26 heavy (non-hydrogen) atoms. The molecule has 1 amide bonds. The molecule has 3 rings (SSSR count). The Bertz CT molecular complexity index is 676. The second kappa shape index (κ2) is 7.74. The van der Waals surface area contributed by atoms with Gasteiger partial charge in [-0.2, -0.15) is 0 Å². The third kappa shape index (κ3) is 4.06. The summed E-state index contributed by atoms with van der Waals surface area (Å²) in [4.78, 5) is 24.2. The van der Waals surface area contributed by atoms with E-state index in [-0.39, 0.29) is 0 Å². The van der Waals surface area contributed by atoms with Gasteiger partial charge in [0.05, 0.1) is 17.7 Å². The Morgan fingerprint density at radius 3 is 2.42 bits per heavy atom. The zero-order valence-corrected chi connectivity index (χ0v) is 15.7. The summed E-state index contributed by atoms with van der Waals surface area (Å²) >= 11 is 6.18. The molecular weight excluding hydrogens is 356 g/mol. The van der Waals surface area contributed by atoms with Crippen molar-refractivity contribution in [2.24, 2.45) is 5.41 Å². The maximum atomic E-state index is 11.6. The average molecular weight is 381 g/mol. The lowest BCUT2D eigenvalue weighted by atomic mass is 9.67. The van der Waals surface area contributed by atoms with Gasteiger partial charge in [0.15, 0.2) is 0 Å². The van der Waals surface area contributed by atoms with Crippen LogP contribution >= 0.6 is 11.6 Å². The topological polar surface area (TPSA) is 78.9 Å². The number of carboxylic acid groups (broad SMARTS) is 1. The molecule has 1 aliphatic heterocycles. The Labute approximate surface area is 158 Å². The first kappa shape index (κ1) is 18.8. The summed E-state index contributed by atoms with van der Waals surface area (Å²) in [5.41, 5.74) is 1.58. The van der Waals surface area contributed by atoms with Gasteiger partial charge in [-0.05, 0) is 62.1 Å². The summed E-state index contributed by atoms with van der Waals surface area (Å²) < 4.78 is 4.71. The first-order valence-corrected chi connectivity index (χ1v) is 9.42. The van der Waals surface area contributed by atoms with E-state index in [9.17, 15) is 9.59 Å². The molecule has 0 atom stereocenters. The van der Waals surface area contributed by atoms with Crippen molar-refractivity contribution in [2.75, 3.05) is 25.5 Å². The Kier molecular flexibility index (Phi) is 5.61. The zero-order valence-electron chi connectivity index (χ0n) is 15.0. The SMILES string of the molecule is COC(=O)c1ccc(NC2CCC3(CC2)CCN(C(=O)O)CC3)cc1Cl. The fraction of sp³-hybridized carbons (Fsp3) is 0.579. The molecule has 0 unspecified atom stereocenters. The normalized spacial score (nSPS) is 20.0. The molecule has 1 saturated heterocycles. The van der Waals surface area contributed by atoms with E-state index in [1.807, 2.05) is 6.07 Å². The van der Waals surface area contributed by atoms with E-state index >= 15 is 0 Å². The van der Waals surface area contributed by atoms with Crippen molar-refractivity contribution in [2.45, 2.75) is 44.6 Å². The molecule has 0 aromatic heterocycles. The van der Waals surface area contributed by atoms with Crippen LogP contribution in [0.25, 0.3) is 0 Å². The Morgan fingerprint density at radius 2 is 1.88 bits per heavy atom. The number of carbonyl (C=O) groups is 2. The quantitative estimate of drug-likeness (QED) is 0.766. The van der Waals surface area contributed by atoms with Crippen LogP contribution in [0.2, 0.25) is 5.02 Å². The van der Waals surface area contributed by atoms with Gasteiger partial charge in [-0.15, -0.1) is 0 Å². The van der Waals surface area contributed by atoms with Crippen molar-refractivity contribution >= 4 is 29.4 Å². The maximum Gasteiger partial charge on any atom is 0.407 e. The molecule has 0 radical (unpaired) electrons. The standard InChI is InChI=1S/C19H25ClN2O4/c1-26-17(23)15-3-2-14(12-16(15)20)21-13-4-6-19(7-5-13)8-10-22(11-9-19)18(24)25/h2-3,12-13,21H,4-11H2,1H3,(H,24,25). The van der Waals surface area contributed by atoms with Gasteiger partial charge in [0, 0.05) is 24.8 Å². The number of rotatable bonds is 3. The van der Waals surface area contributed by atoms with Crippen molar-refractivity contribution in [1.82, 2.24) is 4.90 Å². The van der Waals surface area contributed by atoms with Crippen LogP contribution in [0.1, 0.15) is 48.9 Å². The first-order valence-electron chi connectivity index (χ1n) is 9.05. The molecule has 1 spiro atoms. The third-order valence-electron chi connectivity index (χ3n) is 5.89. The van der Waals surface area contributed by atoms with Crippen LogP contribution in [0.15, 0.2) is 18.2 Å². The molecule has 1 aromatic carbocycles. The molecule has 2 aliphatic rings. The molecule has 142 valence electrons. The number of amides is 1. The summed E-state index contributed by atoms with van der Waals surface area (Å²) in [5, 5.41) is 13.0. The van der Waals surface area contributed by atoms with Crippen LogP contribution < -0.4 is 5.32 Å². The summed E-state index contributed by atoms with van der Waals surface area (Å²) in [5.74, 6) is -0.436. The van der Waals surface area contributed by atoms with E-state index in [2.05, 4.69) is 5.32 Å². The molecule has 1 heterocycles. The van der Waals surface area contributed by atoms with Crippen LogP contribution in [-0.2, 0) is 4.74 Å². The summed E-state index contributed by atoms with van der Waals surface area (Å²) in [6.45, 7) is 1.30. The highest BCUT2D eigenvalue weighted by Crippen LogP contribution is 2.45. The van der Waals surface area contributed by atoms with Crippen molar-refractivity contribution in [3.8, 4) is 0 Å². The number of ether oxygens (including phenoxy) is 1. The summed E-state index contributed by atoms with van der Waals surface area (Å²) in [7, 11) is 1.34. The van der Waals surface area contributed by atoms with Crippen molar-refractivity contribution in [3.63, 3.8) is 0 Å². The molecule has 1 saturated carbocycles. The molecule has 1 aliphatic carbocycles. The number of piperidine rings is 1. The summed E-state index contributed by atoms with van der Waals surface area (Å²) in [6, 6.07) is 5.68. The molecule has 1 aromatic rings. The van der Waals surface area contributed by atoms with E-state index in [0.717, 1.165) is 44.2 Å².